The molecule has 29 heavy (non-hydrogen) atoms. The van der Waals surface area contributed by atoms with Crippen LogP contribution in [-0.4, -0.2) is 36.0 Å². The maximum absolute atomic E-state index is 12.7. The lowest BCUT2D eigenvalue weighted by atomic mass is 9.86. The fourth-order valence-corrected chi connectivity index (χ4v) is 4.05. The SMILES string of the molecule is O=C(NC1C(=O)CCc2ccc(N=CN3CCCC3)cc21)c1ccc(Cl)c(Cl)c1. The molecule has 150 valence electrons. The number of aliphatic imine (C=N–C) groups is 1. The summed E-state index contributed by atoms with van der Waals surface area (Å²) in [5, 5.41) is 3.54. The number of rotatable bonds is 4. The Hall–Kier alpha value is -2.37. The number of aryl methyl sites for hydroxylation is 1. The molecule has 1 amide bonds. The van der Waals surface area contributed by atoms with Crippen LogP contribution in [0, 0.1) is 0 Å². The Kier molecular flexibility index (Phi) is 5.88. The zero-order valence-electron chi connectivity index (χ0n) is 15.8. The molecule has 5 nitrogen and oxygen atoms in total. The Bertz CT molecular complexity index is 984. The highest BCUT2D eigenvalue weighted by molar-refractivity contribution is 6.42. The number of ketones is 1. The van der Waals surface area contributed by atoms with Gasteiger partial charge in [-0.2, -0.15) is 0 Å². The third-order valence-corrected chi connectivity index (χ3v) is 6.11. The Morgan fingerprint density at radius 3 is 2.62 bits per heavy atom. The van der Waals surface area contributed by atoms with Crippen LogP contribution in [0.25, 0.3) is 0 Å². The van der Waals surface area contributed by atoms with Crippen LogP contribution in [0.2, 0.25) is 10.0 Å². The van der Waals surface area contributed by atoms with Crippen LogP contribution in [0.5, 0.6) is 0 Å². The van der Waals surface area contributed by atoms with Crippen molar-refractivity contribution in [3.8, 4) is 0 Å². The quantitative estimate of drug-likeness (QED) is 0.563. The third kappa shape index (κ3) is 4.46. The summed E-state index contributed by atoms with van der Waals surface area (Å²) < 4.78 is 0. The van der Waals surface area contributed by atoms with Gasteiger partial charge < -0.3 is 10.2 Å². The van der Waals surface area contributed by atoms with Gasteiger partial charge in [0.1, 0.15) is 6.04 Å². The molecule has 2 aromatic carbocycles. The zero-order valence-corrected chi connectivity index (χ0v) is 17.3. The predicted octanol–water partition coefficient (Wildman–Crippen LogP) is 4.74. The number of nitrogens with one attached hydrogen (secondary N) is 1. The minimum Gasteiger partial charge on any atom is -0.363 e. The summed E-state index contributed by atoms with van der Waals surface area (Å²) in [5.41, 5.74) is 3.01. The lowest BCUT2D eigenvalue weighted by Gasteiger charge is -2.25. The summed E-state index contributed by atoms with van der Waals surface area (Å²) in [6.45, 7) is 2.05. The normalized spacial score (nSPS) is 18.9. The minimum atomic E-state index is -0.692. The van der Waals surface area contributed by atoms with Crippen LogP contribution < -0.4 is 5.32 Å². The molecule has 2 aromatic rings. The second-order valence-corrected chi connectivity index (χ2v) is 8.19. The summed E-state index contributed by atoms with van der Waals surface area (Å²) in [4.78, 5) is 32.1. The van der Waals surface area contributed by atoms with Gasteiger partial charge in [0.25, 0.3) is 5.91 Å². The number of halogens is 2. The molecule has 1 fully saturated rings. The summed E-state index contributed by atoms with van der Waals surface area (Å²) >= 11 is 11.9. The Labute approximate surface area is 179 Å². The molecule has 1 aliphatic carbocycles. The van der Waals surface area contributed by atoms with E-state index in [2.05, 4.69) is 15.2 Å². The first kappa shape index (κ1) is 19.9. The van der Waals surface area contributed by atoms with E-state index in [9.17, 15) is 9.59 Å². The van der Waals surface area contributed by atoms with Gasteiger partial charge in [0.2, 0.25) is 0 Å². The zero-order chi connectivity index (χ0) is 20.4. The maximum atomic E-state index is 12.7. The predicted molar refractivity (Wildman–Crippen MR) is 115 cm³/mol. The number of likely N-dealkylation sites (tertiary alicyclic amines) is 1. The van der Waals surface area contributed by atoms with Gasteiger partial charge >= 0.3 is 0 Å². The molecule has 1 N–H and O–H groups in total. The lowest BCUT2D eigenvalue weighted by molar-refractivity contribution is -0.121. The van der Waals surface area contributed by atoms with Crippen molar-refractivity contribution in [3.05, 3.63) is 63.1 Å². The first-order chi connectivity index (χ1) is 14.0. The number of carbonyl (C=O) groups is 2. The fourth-order valence-electron chi connectivity index (χ4n) is 3.75. The molecule has 0 saturated carbocycles. The number of nitrogens with zero attached hydrogens (tertiary/aromatic N) is 2. The van der Waals surface area contributed by atoms with E-state index in [-0.39, 0.29) is 11.7 Å². The molecule has 0 radical (unpaired) electrons. The molecule has 1 unspecified atom stereocenters. The van der Waals surface area contributed by atoms with Crippen molar-refractivity contribution in [1.82, 2.24) is 10.2 Å². The van der Waals surface area contributed by atoms with Crippen LogP contribution in [0.4, 0.5) is 5.69 Å². The highest BCUT2D eigenvalue weighted by atomic mass is 35.5. The molecule has 1 saturated heterocycles. The second kappa shape index (κ2) is 8.56. The van der Waals surface area contributed by atoms with Crippen LogP contribution >= 0.6 is 23.2 Å². The Balaban J connectivity index is 1.57. The smallest absolute Gasteiger partial charge is 0.252 e. The number of hydrogen-bond acceptors (Lipinski definition) is 3. The largest absolute Gasteiger partial charge is 0.363 e. The highest BCUT2D eigenvalue weighted by Gasteiger charge is 2.29. The molecular formula is C22H21Cl2N3O2. The van der Waals surface area contributed by atoms with E-state index in [0.717, 1.165) is 29.9 Å². The van der Waals surface area contributed by atoms with Crippen LogP contribution in [0.1, 0.15) is 46.8 Å². The summed E-state index contributed by atoms with van der Waals surface area (Å²) in [6.07, 6.45) is 5.31. The Morgan fingerprint density at radius 2 is 1.86 bits per heavy atom. The number of fused-ring (bicyclic) bond motifs is 1. The molecule has 2 aliphatic rings. The topological polar surface area (TPSA) is 61.8 Å². The molecule has 4 rings (SSSR count). The van der Waals surface area contributed by atoms with Crippen molar-refractivity contribution >= 4 is 46.9 Å². The van der Waals surface area contributed by atoms with Crippen LogP contribution in [0.3, 0.4) is 0 Å². The average molecular weight is 430 g/mol. The van der Waals surface area contributed by atoms with Crippen molar-refractivity contribution in [3.63, 3.8) is 0 Å². The van der Waals surface area contributed by atoms with E-state index in [1.165, 1.54) is 18.9 Å². The van der Waals surface area contributed by atoms with E-state index in [1.807, 2.05) is 24.5 Å². The van der Waals surface area contributed by atoms with Crippen molar-refractivity contribution < 1.29 is 9.59 Å². The van der Waals surface area contributed by atoms with E-state index in [4.69, 9.17) is 23.2 Å². The molecule has 1 aliphatic heterocycles. The Morgan fingerprint density at radius 1 is 1.07 bits per heavy atom. The average Bonchev–Trinajstić information content (AvgIpc) is 3.24. The van der Waals surface area contributed by atoms with Gasteiger partial charge in [-0.1, -0.05) is 29.3 Å². The van der Waals surface area contributed by atoms with E-state index < -0.39 is 6.04 Å². The molecule has 0 bridgehead atoms. The van der Waals surface area contributed by atoms with Gasteiger partial charge in [0.15, 0.2) is 5.78 Å². The number of carbonyl (C=O) groups excluding carboxylic acids is 2. The highest BCUT2D eigenvalue weighted by Crippen LogP contribution is 2.31. The number of Topliss-reactive ketones (excluding diaryl/α,β-unsaturated/α-hetero) is 1. The van der Waals surface area contributed by atoms with Crippen molar-refractivity contribution in [2.75, 3.05) is 13.1 Å². The first-order valence-corrected chi connectivity index (χ1v) is 10.5. The van der Waals surface area contributed by atoms with E-state index in [0.29, 0.717) is 28.5 Å². The van der Waals surface area contributed by atoms with Gasteiger partial charge in [-0.05, 0) is 60.7 Å². The maximum Gasteiger partial charge on any atom is 0.252 e. The molecule has 0 aromatic heterocycles. The lowest BCUT2D eigenvalue weighted by Crippen LogP contribution is -2.36. The molecule has 7 heteroatoms. The third-order valence-electron chi connectivity index (χ3n) is 5.37. The van der Waals surface area contributed by atoms with Crippen LogP contribution in [-0.2, 0) is 11.2 Å². The first-order valence-electron chi connectivity index (χ1n) is 9.71. The van der Waals surface area contributed by atoms with Gasteiger partial charge in [0, 0.05) is 25.1 Å². The van der Waals surface area contributed by atoms with E-state index in [1.54, 1.807) is 12.1 Å². The number of amides is 1. The summed E-state index contributed by atoms with van der Waals surface area (Å²) in [6, 6.07) is 9.83. The number of hydrogen-bond donors (Lipinski definition) is 1. The van der Waals surface area contributed by atoms with Crippen LogP contribution in [0.15, 0.2) is 41.4 Å². The molecular weight excluding hydrogens is 409 g/mol. The summed E-state index contributed by atoms with van der Waals surface area (Å²) in [7, 11) is 0. The molecule has 0 spiro atoms. The van der Waals surface area contributed by atoms with Crippen molar-refractivity contribution in [1.29, 1.82) is 0 Å². The van der Waals surface area contributed by atoms with Crippen molar-refractivity contribution in [2.45, 2.75) is 31.7 Å². The standard InChI is InChI=1S/C22H21Cl2N3O2/c23-18-7-4-15(11-19(18)24)22(29)26-21-17-12-16(25-13-27-9-1-2-10-27)6-3-14(17)5-8-20(21)28/h3-4,6-7,11-13,21H,1-2,5,8-10H2,(H,26,29). The van der Waals surface area contributed by atoms with Gasteiger partial charge in [-0.15, -0.1) is 0 Å². The van der Waals surface area contributed by atoms with Gasteiger partial charge in [-0.3, -0.25) is 9.59 Å². The summed E-state index contributed by atoms with van der Waals surface area (Å²) in [5.74, 6) is -0.368. The van der Waals surface area contributed by atoms with Gasteiger partial charge in [-0.25, -0.2) is 4.99 Å². The number of benzene rings is 2. The van der Waals surface area contributed by atoms with E-state index >= 15 is 0 Å². The second-order valence-electron chi connectivity index (χ2n) is 7.37. The molecule has 1 atom stereocenters. The molecule has 1 heterocycles. The monoisotopic (exact) mass is 429 g/mol. The van der Waals surface area contributed by atoms with Crippen molar-refractivity contribution in [2.24, 2.45) is 4.99 Å². The van der Waals surface area contributed by atoms with Gasteiger partial charge in [0.05, 0.1) is 22.1 Å². The minimum absolute atomic E-state index is 0.00779. The fraction of sp³-hybridized carbons (Fsp3) is 0.318.